The molecule has 0 saturated heterocycles. The van der Waals surface area contributed by atoms with Crippen LogP contribution in [0.3, 0.4) is 0 Å². The van der Waals surface area contributed by atoms with E-state index in [1.54, 1.807) is 11.9 Å². The van der Waals surface area contributed by atoms with Gasteiger partial charge in [0.05, 0.1) is 6.61 Å². The molecule has 2 nitrogen and oxygen atoms in total. The summed E-state index contributed by atoms with van der Waals surface area (Å²) in [6, 6.07) is 0. The van der Waals surface area contributed by atoms with Gasteiger partial charge in [0.2, 0.25) is 0 Å². The molecule has 7 heavy (non-hydrogen) atoms. The van der Waals surface area contributed by atoms with E-state index in [1.165, 1.54) is 0 Å². The van der Waals surface area contributed by atoms with Crippen molar-refractivity contribution in [3.63, 3.8) is 0 Å². The molecule has 0 bridgehead atoms. The van der Waals surface area contributed by atoms with Gasteiger partial charge in [0.1, 0.15) is 0 Å². The van der Waals surface area contributed by atoms with Crippen LogP contribution >= 0.6 is 11.9 Å². The average Bonchev–Trinajstić information content (AvgIpc) is 1.61. The van der Waals surface area contributed by atoms with E-state index in [9.17, 15) is 0 Å². The first-order chi connectivity index (χ1) is 3.27. The second-order valence-electron chi connectivity index (χ2n) is 1.37. The molecule has 3 heteroatoms. The zero-order valence-electron chi connectivity index (χ0n) is 4.72. The first-order valence-corrected chi connectivity index (χ1v) is 3.12. The van der Waals surface area contributed by atoms with Crippen LogP contribution < -0.4 is 0 Å². The van der Waals surface area contributed by atoms with Gasteiger partial charge in [0.25, 0.3) is 0 Å². The van der Waals surface area contributed by atoms with Crippen LogP contribution in [0.15, 0.2) is 0 Å². The van der Waals surface area contributed by atoms with Gasteiger partial charge < -0.3 is 5.11 Å². The predicted octanol–water partition coefficient (Wildman–Crippen LogP) is 0.188. The molecule has 0 heterocycles. The van der Waals surface area contributed by atoms with Gasteiger partial charge in [0.15, 0.2) is 0 Å². The lowest BCUT2D eigenvalue weighted by atomic mass is 10.9. The van der Waals surface area contributed by atoms with E-state index in [2.05, 4.69) is 0 Å². The minimum Gasteiger partial charge on any atom is -0.395 e. The highest BCUT2D eigenvalue weighted by atomic mass is 32.2. The van der Waals surface area contributed by atoms with E-state index in [4.69, 9.17) is 5.11 Å². The standard InChI is InChI=1S/C4H11NOS/c1-5(2)7-4-3-6/h6H,3-4H2,1-2H3. The van der Waals surface area contributed by atoms with Crippen molar-refractivity contribution < 1.29 is 5.11 Å². The first kappa shape index (κ1) is 7.27. The number of hydrogen-bond acceptors (Lipinski definition) is 3. The zero-order valence-corrected chi connectivity index (χ0v) is 5.53. The number of aliphatic hydroxyl groups is 1. The topological polar surface area (TPSA) is 23.5 Å². The molecule has 0 unspecified atom stereocenters. The van der Waals surface area contributed by atoms with E-state index in [-0.39, 0.29) is 6.61 Å². The average molecular weight is 121 g/mol. The van der Waals surface area contributed by atoms with Crippen molar-refractivity contribution in [1.82, 2.24) is 4.31 Å². The van der Waals surface area contributed by atoms with Gasteiger partial charge in [-0.25, -0.2) is 0 Å². The molecule has 44 valence electrons. The summed E-state index contributed by atoms with van der Waals surface area (Å²) in [6.07, 6.45) is 0. The molecule has 0 aromatic heterocycles. The Kier molecular flexibility index (Phi) is 4.60. The van der Waals surface area contributed by atoms with Gasteiger partial charge in [-0.05, 0) is 14.1 Å². The molecule has 0 saturated carbocycles. The lowest BCUT2D eigenvalue weighted by Gasteiger charge is -2.04. The Bertz CT molecular complexity index is 40.7. The molecule has 0 amide bonds. The number of nitrogens with zero attached hydrogens (tertiary/aromatic N) is 1. The molecule has 0 radical (unpaired) electrons. The quantitative estimate of drug-likeness (QED) is 0.539. The Balaban J connectivity index is 2.68. The Morgan fingerprint density at radius 1 is 1.57 bits per heavy atom. The summed E-state index contributed by atoms with van der Waals surface area (Å²) in [7, 11) is 3.92. The van der Waals surface area contributed by atoms with Crippen LogP contribution in [0.5, 0.6) is 0 Å². The normalized spacial score (nSPS) is 10.3. The van der Waals surface area contributed by atoms with Crippen molar-refractivity contribution >= 4 is 11.9 Å². The van der Waals surface area contributed by atoms with Crippen LogP contribution in [0.4, 0.5) is 0 Å². The summed E-state index contributed by atoms with van der Waals surface area (Å²) in [5.41, 5.74) is 0. The van der Waals surface area contributed by atoms with Crippen LogP contribution in [0, 0.1) is 0 Å². The summed E-state index contributed by atoms with van der Waals surface area (Å²) < 4.78 is 1.97. The number of hydrogen-bond donors (Lipinski definition) is 1. The SMILES string of the molecule is CN(C)SCCO. The van der Waals surface area contributed by atoms with Crippen molar-refractivity contribution in [3.05, 3.63) is 0 Å². The van der Waals surface area contributed by atoms with Gasteiger partial charge in [-0.2, -0.15) is 0 Å². The lowest BCUT2D eigenvalue weighted by Crippen LogP contribution is -2.02. The molecule has 0 spiro atoms. The molecule has 0 aliphatic carbocycles. The first-order valence-electron chi connectivity index (χ1n) is 2.18. The van der Waals surface area contributed by atoms with Crippen molar-refractivity contribution in [3.8, 4) is 0 Å². The van der Waals surface area contributed by atoms with Crippen LogP contribution in [0.1, 0.15) is 0 Å². The van der Waals surface area contributed by atoms with E-state index < -0.39 is 0 Å². The number of aliphatic hydroxyl groups excluding tert-OH is 1. The van der Waals surface area contributed by atoms with Crippen LogP contribution in [0.25, 0.3) is 0 Å². The fourth-order valence-electron chi connectivity index (χ4n) is 0.223. The lowest BCUT2D eigenvalue weighted by molar-refractivity contribution is 0.321. The Morgan fingerprint density at radius 2 is 2.14 bits per heavy atom. The second-order valence-corrected chi connectivity index (χ2v) is 2.77. The second kappa shape index (κ2) is 4.43. The van der Waals surface area contributed by atoms with Gasteiger partial charge in [-0.15, -0.1) is 0 Å². The maximum atomic E-state index is 8.27. The van der Waals surface area contributed by atoms with Gasteiger partial charge >= 0.3 is 0 Å². The molecular weight excluding hydrogens is 110 g/mol. The van der Waals surface area contributed by atoms with Crippen LogP contribution in [-0.2, 0) is 0 Å². The van der Waals surface area contributed by atoms with E-state index >= 15 is 0 Å². The van der Waals surface area contributed by atoms with Gasteiger partial charge in [-0.3, -0.25) is 4.31 Å². The monoisotopic (exact) mass is 121 g/mol. The van der Waals surface area contributed by atoms with Gasteiger partial charge in [-0.1, -0.05) is 11.9 Å². The predicted molar refractivity (Wildman–Crippen MR) is 33.2 cm³/mol. The molecule has 1 N–H and O–H groups in total. The Hall–Kier alpha value is 0.270. The summed E-state index contributed by atoms with van der Waals surface area (Å²) >= 11 is 1.61. The smallest absolute Gasteiger partial charge is 0.0534 e. The van der Waals surface area contributed by atoms with Crippen LogP contribution in [-0.4, -0.2) is 35.9 Å². The minimum absolute atomic E-state index is 0.267. The third-order valence-corrected chi connectivity index (χ3v) is 1.32. The van der Waals surface area contributed by atoms with E-state index in [1.807, 2.05) is 18.4 Å². The molecule has 0 rings (SSSR count). The maximum absolute atomic E-state index is 8.27. The molecule has 0 fully saturated rings. The Morgan fingerprint density at radius 3 is 2.29 bits per heavy atom. The molecule has 0 atom stereocenters. The fourth-order valence-corrected chi connectivity index (χ4v) is 0.670. The maximum Gasteiger partial charge on any atom is 0.0534 e. The molecule has 0 aromatic rings. The van der Waals surface area contributed by atoms with Gasteiger partial charge in [0, 0.05) is 5.75 Å². The van der Waals surface area contributed by atoms with E-state index in [0.717, 1.165) is 5.75 Å². The molecule has 0 aliphatic rings. The molecule has 0 aliphatic heterocycles. The highest BCUT2D eigenvalue weighted by Crippen LogP contribution is 1.99. The Labute approximate surface area is 48.6 Å². The number of rotatable bonds is 3. The summed E-state index contributed by atoms with van der Waals surface area (Å²) in [5, 5.41) is 8.27. The third kappa shape index (κ3) is 6.27. The van der Waals surface area contributed by atoms with Crippen LogP contribution in [0.2, 0.25) is 0 Å². The highest BCUT2D eigenvalue weighted by molar-refractivity contribution is 7.96. The molecule has 0 aromatic carbocycles. The summed E-state index contributed by atoms with van der Waals surface area (Å²) in [4.78, 5) is 0. The third-order valence-electron chi connectivity index (χ3n) is 0.441. The van der Waals surface area contributed by atoms with E-state index in [0.29, 0.717) is 0 Å². The largest absolute Gasteiger partial charge is 0.395 e. The molecular formula is C4H11NOS. The summed E-state index contributed by atoms with van der Waals surface area (Å²) in [5.74, 6) is 0.799. The minimum atomic E-state index is 0.267. The van der Waals surface area contributed by atoms with Crippen molar-refractivity contribution in [1.29, 1.82) is 0 Å². The highest BCUT2D eigenvalue weighted by Gasteiger charge is 1.85. The van der Waals surface area contributed by atoms with Crippen molar-refractivity contribution in [2.24, 2.45) is 0 Å². The summed E-state index contributed by atoms with van der Waals surface area (Å²) in [6.45, 7) is 0.267. The zero-order chi connectivity index (χ0) is 5.70. The fraction of sp³-hybridized carbons (Fsp3) is 1.00. The van der Waals surface area contributed by atoms with Crippen molar-refractivity contribution in [2.45, 2.75) is 0 Å². The van der Waals surface area contributed by atoms with Crippen molar-refractivity contribution in [2.75, 3.05) is 26.5 Å².